The van der Waals surface area contributed by atoms with E-state index in [0.717, 1.165) is 15.6 Å². The van der Waals surface area contributed by atoms with Crippen LogP contribution in [-0.4, -0.2) is 31.4 Å². The second kappa shape index (κ2) is 13.2. The Morgan fingerprint density at radius 3 is 2.49 bits per heavy atom. The Balaban J connectivity index is 1.57. The molecule has 0 radical (unpaired) electrons. The number of aromatic nitrogens is 1. The summed E-state index contributed by atoms with van der Waals surface area (Å²) < 4.78 is 25.2. The van der Waals surface area contributed by atoms with Crippen LogP contribution in [0.25, 0.3) is 6.08 Å². The van der Waals surface area contributed by atoms with E-state index in [-0.39, 0.29) is 17.7 Å². The minimum absolute atomic E-state index is 0.177. The number of carbonyl (C=O) groups excluding carboxylic acids is 1. The topological polar surface area (TPSA) is 88.4 Å². The van der Waals surface area contributed by atoms with Crippen LogP contribution in [0.15, 0.2) is 86.2 Å². The van der Waals surface area contributed by atoms with Crippen molar-refractivity contribution in [1.82, 2.24) is 4.57 Å². The van der Waals surface area contributed by atoms with Crippen LogP contribution in [0.5, 0.6) is 17.2 Å². The molecule has 1 aromatic heterocycles. The molecule has 4 aromatic rings. The first-order valence-electron chi connectivity index (χ1n) is 13.3. The van der Waals surface area contributed by atoms with Gasteiger partial charge in [0.15, 0.2) is 4.80 Å². The number of rotatable bonds is 9. The summed E-state index contributed by atoms with van der Waals surface area (Å²) in [5.41, 5.74) is 2.78. The van der Waals surface area contributed by atoms with Crippen LogP contribution in [0.4, 0.5) is 0 Å². The van der Waals surface area contributed by atoms with Gasteiger partial charge in [-0.1, -0.05) is 41.1 Å². The van der Waals surface area contributed by atoms with E-state index >= 15 is 0 Å². The van der Waals surface area contributed by atoms with Crippen LogP contribution >= 0.6 is 38.9 Å². The zero-order valence-electron chi connectivity index (χ0n) is 23.9. The molecule has 0 saturated heterocycles. The van der Waals surface area contributed by atoms with Crippen LogP contribution in [0.1, 0.15) is 36.6 Å². The number of halogens is 2. The molecule has 8 nitrogen and oxygen atoms in total. The van der Waals surface area contributed by atoms with Gasteiger partial charge in [-0.05, 0) is 89.4 Å². The van der Waals surface area contributed by atoms with E-state index in [1.807, 2.05) is 42.5 Å². The lowest BCUT2D eigenvalue weighted by atomic mass is 9.94. The standard InChI is InChI=1S/C32H28BrClN2O6S/c1-5-41-31(38)28-18(2)35-32-36(29(28)23-16-22(39-3)11-13-25(23)40-4)30(37)27(43-32)15-20-8-12-26(24(33)14-20)42-17-19-6-9-21(34)10-7-19/h6-16,29H,5,17H2,1-4H3/b27-15-/t29-/m0/s1. The van der Waals surface area contributed by atoms with Gasteiger partial charge < -0.3 is 18.9 Å². The molecule has 0 N–H and O–H groups in total. The highest BCUT2D eigenvalue weighted by atomic mass is 79.9. The van der Waals surface area contributed by atoms with Gasteiger partial charge in [0.2, 0.25) is 0 Å². The molecular formula is C32H28BrClN2O6S. The summed E-state index contributed by atoms with van der Waals surface area (Å²) in [6.07, 6.45) is 1.79. The van der Waals surface area contributed by atoms with E-state index in [9.17, 15) is 9.59 Å². The molecule has 0 bridgehead atoms. The van der Waals surface area contributed by atoms with Gasteiger partial charge in [-0.15, -0.1) is 0 Å². The number of thiazole rings is 1. The summed E-state index contributed by atoms with van der Waals surface area (Å²) in [4.78, 5) is 32.4. The highest BCUT2D eigenvalue weighted by molar-refractivity contribution is 9.10. The van der Waals surface area contributed by atoms with Gasteiger partial charge in [0, 0.05) is 10.6 Å². The Bertz CT molecular complexity index is 1900. The lowest BCUT2D eigenvalue weighted by Gasteiger charge is -2.26. The van der Waals surface area contributed by atoms with Crippen molar-refractivity contribution in [1.29, 1.82) is 0 Å². The maximum absolute atomic E-state index is 14.0. The number of allylic oxidation sites excluding steroid dienone is 1. The number of esters is 1. The van der Waals surface area contributed by atoms with E-state index in [0.29, 0.717) is 49.5 Å². The quantitative estimate of drug-likeness (QED) is 0.207. The summed E-state index contributed by atoms with van der Waals surface area (Å²) in [6.45, 7) is 4.03. The highest BCUT2D eigenvalue weighted by Gasteiger charge is 2.35. The molecule has 0 spiro atoms. The summed E-state index contributed by atoms with van der Waals surface area (Å²) in [5, 5.41) is 0.667. The molecule has 1 aliphatic rings. The van der Waals surface area contributed by atoms with Crippen LogP contribution in [0.3, 0.4) is 0 Å². The van der Waals surface area contributed by atoms with E-state index in [1.165, 1.54) is 23.0 Å². The lowest BCUT2D eigenvalue weighted by molar-refractivity contribution is -0.139. The van der Waals surface area contributed by atoms with Gasteiger partial charge in [0.25, 0.3) is 5.56 Å². The molecule has 5 rings (SSSR count). The van der Waals surface area contributed by atoms with Gasteiger partial charge in [-0.25, -0.2) is 9.79 Å². The van der Waals surface area contributed by atoms with Crippen molar-refractivity contribution in [3.05, 3.63) is 118 Å². The van der Waals surface area contributed by atoms with Crippen molar-refractivity contribution in [3.63, 3.8) is 0 Å². The fourth-order valence-corrected chi connectivity index (χ4v) is 6.44. The number of hydrogen-bond acceptors (Lipinski definition) is 8. The van der Waals surface area contributed by atoms with Crippen molar-refractivity contribution in [2.24, 2.45) is 4.99 Å². The molecule has 3 aromatic carbocycles. The maximum atomic E-state index is 14.0. The molecule has 222 valence electrons. The van der Waals surface area contributed by atoms with Gasteiger partial charge in [-0.3, -0.25) is 9.36 Å². The van der Waals surface area contributed by atoms with Gasteiger partial charge in [0.1, 0.15) is 29.9 Å². The fourth-order valence-electron chi connectivity index (χ4n) is 4.76. The average Bonchev–Trinajstić information content (AvgIpc) is 3.30. The minimum atomic E-state index is -0.835. The predicted molar refractivity (Wildman–Crippen MR) is 170 cm³/mol. The number of carbonyl (C=O) groups is 1. The second-order valence-corrected chi connectivity index (χ2v) is 11.8. The smallest absolute Gasteiger partial charge is 0.338 e. The summed E-state index contributed by atoms with van der Waals surface area (Å²) >= 11 is 10.8. The van der Waals surface area contributed by atoms with Crippen molar-refractivity contribution in [2.75, 3.05) is 20.8 Å². The molecule has 1 aliphatic heterocycles. The number of nitrogens with zero attached hydrogens (tertiary/aromatic N) is 2. The Hall–Kier alpha value is -3.86. The molecule has 11 heteroatoms. The third-order valence-electron chi connectivity index (χ3n) is 6.81. The first-order valence-corrected chi connectivity index (χ1v) is 15.3. The third-order valence-corrected chi connectivity index (χ3v) is 8.66. The number of ether oxygens (including phenoxy) is 4. The Morgan fingerprint density at radius 1 is 1.07 bits per heavy atom. The molecule has 0 fully saturated rings. The molecule has 1 atom stereocenters. The van der Waals surface area contributed by atoms with Crippen molar-refractivity contribution >= 4 is 50.9 Å². The molecule has 0 saturated carbocycles. The number of hydrogen-bond donors (Lipinski definition) is 0. The van der Waals surface area contributed by atoms with E-state index in [1.54, 1.807) is 45.2 Å². The summed E-state index contributed by atoms with van der Waals surface area (Å²) in [7, 11) is 3.09. The van der Waals surface area contributed by atoms with Crippen molar-refractivity contribution < 1.29 is 23.7 Å². The minimum Gasteiger partial charge on any atom is -0.497 e. The van der Waals surface area contributed by atoms with E-state index in [2.05, 4.69) is 20.9 Å². The Kier molecular flexibility index (Phi) is 9.39. The fraction of sp³-hybridized carbons (Fsp3) is 0.219. The monoisotopic (exact) mass is 682 g/mol. The van der Waals surface area contributed by atoms with Crippen molar-refractivity contribution in [2.45, 2.75) is 26.5 Å². The highest BCUT2D eigenvalue weighted by Crippen LogP contribution is 2.38. The molecule has 0 unspecified atom stereocenters. The third kappa shape index (κ3) is 6.41. The number of fused-ring (bicyclic) bond motifs is 1. The second-order valence-electron chi connectivity index (χ2n) is 9.52. The predicted octanol–water partition coefficient (Wildman–Crippen LogP) is 5.81. The summed E-state index contributed by atoms with van der Waals surface area (Å²) in [5.74, 6) is 1.16. The number of methoxy groups -OCH3 is 2. The van der Waals surface area contributed by atoms with Crippen LogP contribution in [-0.2, 0) is 16.1 Å². The zero-order valence-corrected chi connectivity index (χ0v) is 27.0. The first kappa shape index (κ1) is 30.6. The zero-order chi connectivity index (χ0) is 30.7. The first-order chi connectivity index (χ1) is 20.7. The molecule has 43 heavy (non-hydrogen) atoms. The normalized spacial score (nSPS) is 14.7. The largest absolute Gasteiger partial charge is 0.497 e. The SMILES string of the molecule is CCOC(=O)C1=C(C)N=c2s/c(=C\c3ccc(OCc4ccc(Cl)cc4)c(Br)c3)c(=O)n2[C@H]1c1cc(OC)ccc1OC. The number of benzene rings is 3. The van der Waals surface area contributed by atoms with E-state index < -0.39 is 12.0 Å². The average molecular weight is 684 g/mol. The van der Waals surface area contributed by atoms with Crippen LogP contribution in [0, 0.1) is 0 Å². The van der Waals surface area contributed by atoms with Gasteiger partial charge >= 0.3 is 5.97 Å². The molecule has 0 aliphatic carbocycles. The summed E-state index contributed by atoms with van der Waals surface area (Å²) in [6, 6.07) is 17.5. The van der Waals surface area contributed by atoms with Crippen molar-refractivity contribution in [3.8, 4) is 17.2 Å². The Labute approximate surface area is 265 Å². The lowest BCUT2D eigenvalue weighted by Crippen LogP contribution is -2.40. The van der Waals surface area contributed by atoms with E-state index in [4.69, 9.17) is 30.5 Å². The molecule has 0 amide bonds. The molecular weight excluding hydrogens is 656 g/mol. The maximum Gasteiger partial charge on any atom is 0.338 e. The molecule has 2 heterocycles. The van der Waals surface area contributed by atoms with Gasteiger partial charge in [-0.2, -0.15) is 0 Å². The Morgan fingerprint density at radius 2 is 1.81 bits per heavy atom. The van der Waals surface area contributed by atoms with Crippen LogP contribution < -0.4 is 29.1 Å². The van der Waals surface area contributed by atoms with Crippen LogP contribution in [0.2, 0.25) is 5.02 Å². The van der Waals surface area contributed by atoms with Gasteiger partial charge in [0.05, 0.1) is 41.1 Å².